The molecule has 2 aromatic carbocycles. The maximum atomic E-state index is 13.0. The highest BCUT2D eigenvalue weighted by Gasteiger charge is 2.43. The summed E-state index contributed by atoms with van der Waals surface area (Å²) in [4.78, 5) is 19.1. The van der Waals surface area contributed by atoms with Crippen molar-refractivity contribution >= 4 is 28.6 Å². The molecule has 1 amide bonds. The summed E-state index contributed by atoms with van der Waals surface area (Å²) in [6, 6.07) is 9.08. The number of hydrogen-bond acceptors (Lipinski definition) is 5. The number of rotatable bonds is 2. The number of carbonyl (C=O) groups is 1. The van der Waals surface area contributed by atoms with Crippen LogP contribution in [0.5, 0.6) is 11.5 Å². The Morgan fingerprint density at radius 2 is 1.96 bits per heavy atom. The number of aromatic amines is 1. The van der Waals surface area contributed by atoms with Crippen molar-refractivity contribution in [3.05, 3.63) is 42.0 Å². The normalized spacial score (nSPS) is 14.8. The fraction of sp³-hybridized carbons (Fsp3) is 0.0667. The summed E-state index contributed by atoms with van der Waals surface area (Å²) in [5.74, 6) is -0.474. The zero-order valence-electron chi connectivity index (χ0n) is 12.0. The molecule has 2 heterocycles. The molecule has 4 N–H and O–H groups in total. The van der Waals surface area contributed by atoms with Crippen molar-refractivity contribution in [3.8, 4) is 11.5 Å². The summed E-state index contributed by atoms with van der Waals surface area (Å²) in [7, 11) is 0. The highest BCUT2D eigenvalue weighted by Crippen LogP contribution is 2.42. The predicted octanol–water partition coefficient (Wildman–Crippen LogP) is 2.72. The highest BCUT2D eigenvalue weighted by molar-refractivity contribution is 6.04. The number of ether oxygens (including phenoxy) is 2. The van der Waals surface area contributed by atoms with Crippen LogP contribution in [0.15, 0.2) is 36.4 Å². The standard InChI is InChI=1S/C15H10F2N4O3/c16-15(17)23-11-5-9-10(6-12(11)24-15)20-14(19-9)21-13(22)7-2-1-3-8(18)4-7/h1-6H,18H2,(H2,19,20,21,22). The van der Waals surface area contributed by atoms with Crippen LogP contribution in [0, 0.1) is 0 Å². The minimum atomic E-state index is -3.69. The van der Waals surface area contributed by atoms with E-state index in [0.29, 0.717) is 22.3 Å². The second kappa shape index (κ2) is 4.82. The summed E-state index contributed by atoms with van der Waals surface area (Å²) in [6.45, 7) is 0. The molecule has 0 aliphatic carbocycles. The Morgan fingerprint density at radius 3 is 2.71 bits per heavy atom. The molecule has 122 valence electrons. The quantitative estimate of drug-likeness (QED) is 0.626. The Morgan fingerprint density at radius 1 is 1.21 bits per heavy atom. The summed E-state index contributed by atoms with van der Waals surface area (Å²) in [5, 5.41) is 2.58. The van der Waals surface area contributed by atoms with Gasteiger partial charge in [-0.25, -0.2) is 4.98 Å². The van der Waals surface area contributed by atoms with Gasteiger partial charge in [-0.2, -0.15) is 0 Å². The van der Waals surface area contributed by atoms with Crippen LogP contribution in [0.2, 0.25) is 0 Å². The molecule has 0 spiro atoms. The minimum absolute atomic E-state index is 0.107. The Kier molecular flexibility index (Phi) is 2.86. The number of fused-ring (bicyclic) bond motifs is 2. The molecule has 3 aromatic rings. The van der Waals surface area contributed by atoms with Gasteiger partial charge in [0, 0.05) is 23.4 Å². The lowest BCUT2D eigenvalue weighted by atomic mass is 10.2. The van der Waals surface area contributed by atoms with E-state index in [1.54, 1.807) is 18.2 Å². The number of nitrogens with zero attached hydrogens (tertiary/aromatic N) is 1. The van der Waals surface area contributed by atoms with Crippen LogP contribution in [0.25, 0.3) is 11.0 Å². The second-order valence-corrected chi connectivity index (χ2v) is 5.15. The number of aromatic nitrogens is 2. The predicted molar refractivity (Wildman–Crippen MR) is 81.1 cm³/mol. The molecule has 1 aliphatic heterocycles. The lowest BCUT2D eigenvalue weighted by Gasteiger charge is -2.04. The zero-order chi connectivity index (χ0) is 16.9. The molecule has 0 unspecified atom stereocenters. The van der Waals surface area contributed by atoms with E-state index in [4.69, 9.17) is 5.73 Å². The molecule has 0 radical (unpaired) electrons. The molecule has 24 heavy (non-hydrogen) atoms. The number of nitrogens with two attached hydrogens (primary N) is 1. The third-order valence-electron chi connectivity index (χ3n) is 3.39. The maximum absolute atomic E-state index is 13.0. The third kappa shape index (κ3) is 2.45. The lowest BCUT2D eigenvalue weighted by molar-refractivity contribution is -0.286. The number of anilines is 2. The van der Waals surface area contributed by atoms with Crippen LogP contribution in [-0.4, -0.2) is 22.2 Å². The van der Waals surface area contributed by atoms with Gasteiger partial charge in [0.2, 0.25) is 5.95 Å². The Bertz CT molecular complexity index is 926. The molecule has 1 aliphatic rings. The summed E-state index contributed by atoms with van der Waals surface area (Å²) >= 11 is 0. The van der Waals surface area contributed by atoms with Crippen LogP contribution >= 0.6 is 0 Å². The second-order valence-electron chi connectivity index (χ2n) is 5.15. The van der Waals surface area contributed by atoms with Gasteiger partial charge >= 0.3 is 6.29 Å². The van der Waals surface area contributed by atoms with E-state index in [1.807, 2.05) is 0 Å². The van der Waals surface area contributed by atoms with Gasteiger partial charge in [-0.3, -0.25) is 10.1 Å². The minimum Gasteiger partial charge on any atom is -0.399 e. The first-order valence-electron chi connectivity index (χ1n) is 6.86. The van der Waals surface area contributed by atoms with Crippen molar-refractivity contribution in [2.75, 3.05) is 11.1 Å². The Balaban J connectivity index is 1.61. The van der Waals surface area contributed by atoms with E-state index in [1.165, 1.54) is 18.2 Å². The summed E-state index contributed by atoms with van der Waals surface area (Å²) in [5.41, 5.74) is 7.22. The number of imidazole rings is 1. The van der Waals surface area contributed by atoms with Crippen LogP contribution in [0.1, 0.15) is 10.4 Å². The topological polar surface area (TPSA) is 102 Å². The molecule has 0 saturated carbocycles. The summed E-state index contributed by atoms with van der Waals surface area (Å²) in [6.07, 6.45) is -3.69. The summed E-state index contributed by atoms with van der Waals surface area (Å²) < 4.78 is 34.8. The number of halogens is 2. The number of benzene rings is 2. The van der Waals surface area contributed by atoms with E-state index in [0.717, 1.165) is 0 Å². The SMILES string of the molecule is Nc1cccc(C(=O)Nc2nc3cc4c(cc3[nH]2)OC(F)(F)O4)c1. The molecule has 9 heteroatoms. The molecule has 0 fully saturated rings. The van der Waals surface area contributed by atoms with E-state index >= 15 is 0 Å². The Hall–Kier alpha value is -3.36. The van der Waals surface area contributed by atoms with Crippen molar-refractivity contribution in [1.29, 1.82) is 0 Å². The number of H-pyrrole nitrogens is 1. The molecule has 4 rings (SSSR count). The first-order chi connectivity index (χ1) is 11.4. The molecule has 0 saturated heterocycles. The van der Waals surface area contributed by atoms with Crippen molar-refractivity contribution in [3.63, 3.8) is 0 Å². The zero-order valence-corrected chi connectivity index (χ0v) is 12.0. The van der Waals surface area contributed by atoms with E-state index in [-0.39, 0.29) is 17.4 Å². The smallest absolute Gasteiger partial charge is 0.399 e. The van der Waals surface area contributed by atoms with Crippen LogP contribution < -0.4 is 20.5 Å². The van der Waals surface area contributed by atoms with Gasteiger partial charge in [-0.05, 0) is 18.2 Å². The van der Waals surface area contributed by atoms with E-state index < -0.39 is 12.2 Å². The van der Waals surface area contributed by atoms with Gasteiger partial charge in [-0.1, -0.05) is 6.07 Å². The number of nitrogen functional groups attached to an aromatic ring is 1. The largest absolute Gasteiger partial charge is 0.586 e. The average molecular weight is 332 g/mol. The van der Waals surface area contributed by atoms with Crippen molar-refractivity contribution < 1.29 is 23.0 Å². The fourth-order valence-corrected chi connectivity index (χ4v) is 2.37. The van der Waals surface area contributed by atoms with E-state index in [9.17, 15) is 13.6 Å². The number of carbonyl (C=O) groups excluding carboxylic acids is 1. The molecule has 0 bridgehead atoms. The van der Waals surface area contributed by atoms with Gasteiger partial charge in [0.1, 0.15) is 0 Å². The lowest BCUT2D eigenvalue weighted by Crippen LogP contribution is -2.25. The van der Waals surface area contributed by atoms with Crippen LogP contribution in [0.3, 0.4) is 0 Å². The molecule has 1 aromatic heterocycles. The van der Waals surface area contributed by atoms with E-state index in [2.05, 4.69) is 24.8 Å². The molecular weight excluding hydrogens is 322 g/mol. The van der Waals surface area contributed by atoms with Crippen molar-refractivity contribution in [2.45, 2.75) is 6.29 Å². The average Bonchev–Trinajstić information content (AvgIpc) is 3.01. The van der Waals surface area contributed by atoms with Gasteiger partial charge in [0.05, 0.1) is 11.0 Å². The van der Waals surface area contributed by atoms with Crippen molar-refractivity contribution in [1.82, 2.24) is 9.97 Å². The fourth-order valence-electron chi connectivity index (χ4n) is 2.37. The molecule has 7 nitrogen and oxygen atoms in total. The monoisotopic (exact) mass is 332 g/mol. The number of alkyl halides is 2. The first-order valence-corrected chi connectivity index (χ1v) is 6.86. The third-order valence-corrected chi connectivity index (χ3v) is 3.39. The number of nitrogens with one attached hydrogen (secondary N) is 2. The molecular formula is C15H10F2N4O3. The molecule has 0 atom stereocenters. The first kappa shape index (κ1) is 14.2. The van der Waals surface area contributed by atoms with Gasteiger partial charge < -0.3 is 20.2 Å². The van der Waals surface area contributed by atoms with Crippen LogP contribution in [0.4, 0.5) is 20.4 Å². The maximum Gasteiger partial charge on any atom is 0.586 e. The van der Waals surface area contributed by atoms with Gasteiger partial charge in [-0.15, -0.1) is 8.78 Å². The number of hydrogen-bond donors (Lipinski definition) is 3. The van der Waals surface area contributed by atoms with Gasteiger partial charge in [0.25, 0.3) is 5.91 Å². The van der Waals surface area contributed by atoms with Crippen molar-refractivity contribution in [2.24, 2.45) is 0 Å². The number of amides is 1. The van der Waals surface area contributed by atoms with Gasteiger partial charge in [0.15, 0.2) is 11.5 Å². The highest BCUT2D eigenvalue weighted by atomic mass is 19.3. The van der Waals surface area contributed by atoms with Crippen LogP contribution in [-0.2, 0) is 0 Å². The Labute approximate surface area is 133 Å².